The Hall–Kier alpha value is -2.54. The maximum Gasteiger partial charge on any atom is 0.249 e. The third-order valence-corrected chi connectivity index (χ3v) is 4.71. The normalized spacial score (nSPS) is 16.9. The second kappa shape index (κ2) is 6.76. The van der Waals surface area contributed by atoms with E-state index < -0.39 is 0 Å². The second-order valence-electron chi connectivity index (χ2n) is 6.44. The molecule has 7 heteroatoms. The van der Waals surface area contributed by atoms with E-state index in [1.807, 2.05) is 19.1 Å². The molecular formula is C18H21N5O2. The summed E-state index contributed by atoms with van der Waals surface area (Å²) < 4.78 is 11.0. The van der Waals surface area contributed by atoms with Gasteiger partial charge in [-0.1, -0.05) is 17.3 Å². The topological polar surface area (TPSA) is 86.0 Å². The lowest BCUT2D eigenvalue weighted by molar-refractivity contribution is 0.0571. The molecular weight excluding hydrogens is 318 g/mol. The number of aromatic nitrogens is 4. The van der Waals surface area contributed by atoms with Crippen LogP contribution in [0.25, 0.3) is 10.9 Å². The SMILES string of the molecule is Cc1noc(C(Nc2ncnc3c(C)cccc23)C2CCOCC2)n1. The van der Waals surface area contributed by atoms with Crippen LogP contribution in [0.4, 0.5) is 5.82 Å². The first-order valence-corrected chi connectivity index (χ1v) is 8.57. The van der Waals surface area contributed by atoms with Crippen LogP contribution in [0.3, 0.4) is 0 Å². The van der Waals surface area contributed by atoms with E-state index in [0.29, 0.717) is 17.6 Å². The Morgan fingerprint density at radius 2 is 2.00 bits per heavy atom. The number of nitrogens with zero attached hydrogens (tertiary/aromatic N) is 4. The van der Waals surface area contributed by atoms with Gasteiger partial charge in [-0.15, -0.1) is 0 Å². The molecule has 1 aromatic carbocycles. The molecule has 25 heavy (non-hydrogen) atoms. The van der Waals surface area contributed by atoms with Gasteiger partial charge in [0.15, 0.2) is 5.82 Å². The van der Waals surface area contributed by atoms with Gasteiger partial charge in [0.1, 0.15) is 18.2 Å². The highest BCUT2D eigenvalue weighted by Gasteiger charge is 2.30. The van der Waals surface area contributed by atoms with Crippen molar-refractivity contribution in [1.29, 1.82) is 0 Å². The molecule has 1 aliphatic rings. The Kier molecular flexibility index (Phi) is 4.31. The molecule has 1 fully saturated rings. The molecule has 1 aliphatic heterocycles. The predicted octanol–water partition coefficient (Wildman–Crippen LogP) is 3.21. The molecule has 1 atom stereocenters. The van der Waals surface area contributed by atoms with Crippen molar-refractivity contribution in [1.82, 2.24) is 20.1 Å². The summed E-state index contributed by atoms with van der Waals surface area (Å²) in [6.07, 6.45) is 3.49. The summed E-state index contributed by atoms with van der Waals surface area (Å²) in [5.74, 6) is 2.38. The number of hydrogen-bond acceptors (Lipinski definition) is 7. The maximum atomic E-state index is 5.51. The van der Waals surface area contributed by atoms with Gasteiger partial charge in [-0.05, 0) is 44.2 Å². The number of anilines is 1. The van der Waals surface area contributed by atoms with Crippen molar-refractivity contribution in [3.05, 3.63) is 41.8 Å². The van der Waals surface area contributed by atoms with E-state index >= 15 is 0 Å². The molecule has 1 saturated heterocycles. The summed E-state index contributed by atoms with van der Waals surface area (Å²) in [6, 6.07) is 6.01. The standard InChI is InChI=1S/C18H21N5O2/c1-11-4-3-5-14-15(11)19-10-20-17(14)22-16(13-6-8-24-9-7-13)18-21-12(2)23-25-18/h3-5,10,13,16H,6-9H2,1-2H3,(H,19,20,22). The van der Waals surface area contributed by atoms with Crippen molar-refractivity contribution >= 4 is 16.7 Å². The molecule has 0 bridgehead atoms. The number of benzene rings is 1. The summed E-state index contributed by atoms with van der Waals surface area (Å²) in [5.41, 5.74) is 2.08. The Morgan fingerprint density at radius 3 is 2.76 bits per heavy atom. The molecule has 1 N–H and O–H groups in total. The van der Waals surface area contributed by atoms with Crippen LogP contribution in [-0.4, -0.2) is 33.3 Å². The quantitative estimate of drug-likeness (QED) is 0.781. The molecule has 7 nitrogen and oxygen atoms in total. The van der Waals surface area contributed by atoms with Crippen molar-refractivity contribution in [2.75, 3.05) is 18.5 Å². The second-order valence-corrected chi connectivity index (χ2v) is 6.44. The monoisotopic (exact) mass is 339 g/mol. The Balaban J connectivity index is 1.72. The van der Waals surface area contributed by atoms with Gasteiger partial charge in [0.25, 0.3) is 0 Å². The van der Waals surface area contributed by atoms with Gasteiger partial charge < -0.3 is 14.6 Å². The highest BCUT2D eigenvalue weighted by Crippen LogP contribution is 2.33. The zero-order chi connectivity index (χ0) is 17.2. The zero-order valence-corrected chi connectivity index (χ0v) is 14.4. The number of ether oxygens (including phenoxy) is 1. The summed E-state index contributed by atoms with van der Waals surface area (Å²) in [7, 11) is 0. The fraction of sp³-hybridized carbons (Fsp3) is 0.444. The van der Waals surface area contributed by atoms with E-state index in [2.05, 4.69) is 38.4 Å². The number of rotatable bonds is 4. The lowest BCUT2D eigenvalue weighted by atomic mass is 9.91. The minimum Gasteiger partial charge on any atom is -0.381 e. The van der Waals surface area contributed by atoms with Gasteiger partial charge in [0.05, 0.1) is 5.52 Å². The van der Waals surface area contributed by atoms with Gasteiger partial charge in [-0.2, -0.15) is 4.98 Å². The molecule has 0 radical (unpaired) electrons. The van der Waals surface area contributed by atoms with Crippen molar-refractivity contribution in [3.63, 3.8) is 0 Å². The number of aryl methyl sites for hydroxylation is 2. The highest BCUT2D eigenvalue weighted by molar-refractivity contribution is 5.90. The molecule has 4 rings (SSSR count). The van der Waals surface area contributed by atoms with Crippen LogP contribution in [0.15, 0.2) is 29.0 Å². The fourth-order valence-corrected chi connectivity index (χ4v) is 3.37. The van der Waals surface area contributed by atoms with Gasteiger partial charge in [0.2, 0.25) is 5.89 Å². The Labute approximate surface area is 145 Å². The van der Waals surface area contributed by atoms with E-state index in [0.717, 1.165) is 48.3 Å². The van der Waals surface area contributed by atoms with Crippen LogP contribution >= 0.6 is 0 Å². The number of hydrogen-bond donors (Lipinski definition) is 1. The van der Waals surface area contributed by atoms with E-state index in [9.17, 15) is 0 Å². The van der Waals surface area contributed by atoms with Crippen LogP contribution in [0.5, 0.6) is 0 Å². The third-order valence-electron chi connectivity index (χ3n) is 4.71. The Morgan fingerprint density at radius 1 is 1.16 bits per heavy atom. The molecule has 3 heterocycles. The zero-order valence-electron chi connectivity index (χ0n) is 14.4. The predicted molar refractivity (Wildman–Crippen MR) is 93.2 cm³/mol. The Bertz CT molecular complexity index is 873. The molecule has 2 aromatic heterocycles. The number of fused-ring (bicyclic) bond motifs is 1. The van der Waals surface area contributed by atoms with Crippen molar-refractivity contribution < 1.29 is 9.26 Å². The lowest BCUT2D eigenvalue weighted by Gasteiger charge is -2.29. The van der Waals surface area contributed by atoms with Gasteiger partial charge >= 0.3 is 0 Å². The first kappa shape index (κ1) is 16.0. The van der Waals surface area contributed by atoms with Crippen LogP contribution in [0, 0.1) is 19.8 Å². The van der Waals surface area contributed by atoms with Crippen molar-refractivity contribution in [3.8, 4) is 0 Å². The molecule has 3 aromatic rings. The van der Waals surface area contributed by atoms with Gasteiger partial charge in [-0.3, -0.25) is 0 Å². The van der Waals surface area contributed by atoms with Gasteiger partial charge in [0, 0.05) is 18.6 Å². The fourth-order valence-electron chi connectivity index (χ4n) is 3.37. The van der Waals surface area contributed by atoms with Crippen LogP contribution < -0.4 is 5.32 Å². The number of nitrogens with one attached hydrogen (secondary N) is 1. The molecule has 0 amide bonds. The van der Waals surface area contributed by atoms with Crippen LogP contribution in [0.1, 0.15) is 36.2 Å². The average Bonchev–Trinajstić information content (AvgIpc) is 3.07. The van der Waals surface area contributed by atoms with Gasteiger partial charge in [-0.25, -0.2) is 9.97 Å². The van der Waals surface area contributed by atoms with Crippen molar-refractivity contribution in [2.45, 2.75) is 32.7 Å². The van der Waals surface area contributed by atoms with Crippen LogP contribution in [-0.2, 0) is 4.74 Å². The summed E-state index contributed by atoms with van der Waals surface area (Å²) >= 11 is 0. The van der Waals surface area contributed by atoms with E-state index in [4.69, 9.17) is 9.26 Å². The molecule has 130 valence electrons. The van der Waals surface area contributed by atoms with Crippen LogP contribution in [0.2, 0.25) is 0 Å². The van der Waals surface area contributed by atoms with Crippen molar-refractivity contribution in [2.24, 2.45) is 5.92 Å². The lowest BCUT2D eigenvalue weighted by Crippen LogP contribution is -2.27. The molecule has 0 aliphatic carbocycles. The summed E-state index contributed by atoms with van der Waals surface area (Å²) in [6.45, 7) is 5.38. The summed E-state index contributed by atoms with van der Waals surface area (Å²) in [4.78, 5) is 13.3. The molecule has 1 unspecified atom stereocenters. The summed E-state index contributed by atoms with van der Waals surface area (Å²) in [5, 5.41) is 8.50. The first-order valence-electron chi connectivity index (χ1n) is 8.57. The number of para-hydroxylation sites is 1. The average molecular weight is 339 g/mol. The van der Waals surface area contributed by atoms with E-state index in [-0.39, 0.29) is 6.04 Å². The highest BCUT2D eigenvalue weighted by atomic mass is 16.5. The smallest absolute Gasteiger partial charge is 0.249 e. The third kappa shape index (κ3) is 3.19. The van der Waals surface area contributed by atoms with E-state index in [1.54, 1.807) is 6.33 Å². The maximum absolute atomic E-state index is 5.51. The minimum atomic E-state index is -0.0938. The first-order chi connectivity index (χ1) is 12.2. The van der Waals surface area contributed by atoms with E-state index in [1.165, 1.54) is 0 Å². The molecule has 0 spiro atoms. The molecule has 0 saturated carbocycles. The largest absolute Gasteiger partial charge is 0.381 e. The minimum absolute atomic E-state index is 0.0938.